The highest BCUT2D eigenvalue weighted by molar-refractivity contribution is 6.04. The van der Waals surface area contributed by atoms with Gasteiger partial charge in [0.05, 0.1) is 11.7 Å². The number of nitrogens with one attached hydrogen (secondary N) is 2. The van der Waals surface area contributed by atoms with Crippen LogP contribution in [0.25, 0.3) is 11.0 Å². The predicted octanol–water partition coefficient (Wildman–Crippen LogP) is 4.80. The number of pyridine rings is 1. The molecule has 0 radical (unpaired) electrons. The molecule has 1 saturated heterocycles. The first-order chi connectivity index (χ1) is 19.0. The summed E-state index contributed by atoms with van der Waals surface area (Å²) in [6.45, 7) is 7.71. The first-order valence-electron chi connectivity index (χ1n) is 14.4. The Labute approximate surface area is 230 Å². The summed E-state index contributed by atoms with van der Waals surface area (Å²) in [5.41, 5.74) is 2.17. The van der Waals surface area contributed by atoms with Crippen molar-refractivity contribution < 1.29 is 14.3 Å². The molecular formula is C30H40N6O3. The number of imidazole rings is 1. The number of carbonyl (C=O) groups is 2. The minimum Gasteiger partial charge on any atom is -0.476 e. The molecule has 9 heteroatoms. The summed E-state index contributed by atoms with van der Waals surface area (Å²) in [4.78, 5) is 37.4. The summed E-state index contributed by atoms with van der Waals surface area (Å²) in [7, 11) is 0. The highest BCUT2D eigenvalue weighted by Gasteiger charge is 2.30. The molecule has 1 aromatic carbocycles. The Balaban J connectivity index is 1.36. The lowest BCUT2D eigenvalue weighted by Gasteiger charge is -2.30. The number of anilines is 1. The van der Waals surface area contributed by atoms with E-state index in [-0.39, 0.29) is 29.8 Å². The van der Waals surface area contributed by atoms with Crippen LogP contribution in [0, 0.1) is 5.92 Å². The van der Waals surface area contributed by atoms with Crippen molar-refractivity contribution in [3.8, 4) is 5.88 Å². The Morgan fingerprint density at radius 2 is 1.79 bits per heavy atom. The van der Waals surface area contributed by atoms with Gasteiger partial charge in [-0.1, -0.05) is 24.6 Å². The van der Waals surface area contributed by atoms with Crippen LogP contribution in [0.2, 0.25) is 0 Å². The van der Waals surface area contributed by atoms with Gasteiger partial charge in [-0.2, -0.15) is 0 Å². The van der Waals surface area contributed by atoms with Crippen molar-refractivity contribution in [2.75, 3.05) is 31.6 Å². The van der Waals surface area contributed by atoms with Crippen molar-refractivity contribution in [2.45, 2.75) is 70.9 Å². The third-order valence-electron chi connectivity index (χ3n) is 7.78. The summed E-state index contributed by atoms with van der Waals surface area (Å²) in [5, 5.41) is 6.09. The maximum Gasteiger partial charge on any atom is 0.257 e. The number of carbonyl (C=O) groups excluding carboxylic acids is 2. The lowest BCUT2D eigenvalue weighted by Crippen LogP contribution is -2.37. The summed E-state index contributed by atoms with van der Waals surface area (Å²) in [6, 6.07) is 11.3. The number of benzene rings is 1. The number of amides is 2. The fraction of sp³-hybridized carbons (Fsp3) is 0.533. The van der Waals surface area contributed by atoms with E-state index in [2.05, 4.69) is 25.1 Å². The quantitative estimate of drug-likeness (QED) is 0.410. The summed E-state index contributed by atoms with van der Waals surface area (Å²) < 4.78 is 8.19. The Morgan fingerprint density at radius 1 is 1.05 bits per heavy atom. The van der Waals surface area contributed by atoms with E-state index in [9.17, 15) is 9.59 Å². The predicted molar refractivity (Wildman–Crippen MR) is 152 cm³/mol. The van der Waals surface area contributed by atoms with Crippen LogP contribution in [0.15, 0.2) is 42.6 Å². The first-order valence-corrected chi connectivity index (χ1v) is 14.4. The summed E-state index contributed by atoms with van der Waals surface area (Å²) in [6.07, 6.45) is 8.77. The number of piperidine rings is 1. The lowest BCUT2D eigenvalue weighted by molar-refractivity contribution is -0.126. The van der Waals surface area contributed by atoms with Crippen molar-refractivity contribution in [1.29, 1.82) is 0 Å². The summed E-state index contributed by atoms with van der Waals surface area (Å²) in [5.74, 6) is 0.997. The molecule has 3 aromatic rings. The number of hydrogen-bond acceptors (Lipinski definition) is 6. The van der Waals surface area contributed by atoms with Crippen LogP contribution < -0.4 is 15.4 Å². The van der Waals surface area contributed by atoms with Gasteiger partial charge in [-0.3, -0.25) is 19.8 Å². The molecule has 1 aliphatic carbocycles. The van der Waals surface area contributed by atoms with E-state index in [0.717, 1.165) is 50.8 Å². The Morgan fingerprint density at radius 3 is 2.51 bits per heavy atom. The second-order valence-electron chi connectivity index (χ2n) is 11.1. The van der Waals surface area contributed by atoms with Crippen molar-refractivity contribution in [2.24, 2.45) is 5.92 Å². The molecule has 9 nitrogen and oxygen atoms in total. The monoisotopic (exact) mass is 532 g/mol. The molecule has 0 bridgehead atoms. The average Bonchev–Trinajstić information content (AvgIpc) is 3.30. The largest absolute Gasteiger partial charge is 0.476 e. The van der Waals surface area contributed by atoms with Crippen LogP contribution in [0.3, 0.4) is 0 Å². The maximum absolute atomic E-state index is 13.1. The van der Waals surface area contributed by atoms with Gasteiger partial charge in [-0.25, -0.2) is 9.97 Å². The van der Waals surface area contributed by atoms with Gasteiger partial charge in [0.2, 0.25) is 17.7 Å². The fourth-order valence-corrected chi connectivity index (χ4v) is 5.74. The van der Waals surface area contributed by atoms with Gasteiger partial charge in [0.15, 0.2) is 0 Å². The highest BCUT2D eigenvalue weighted by Crippen LogP contribution is 2.37. The molecule has 2 fully saturated rings. The van der Waals surface area contributed by atoms with E-state index >= 15 is 0 Å². The second kappa shape index (κ2) is 12.6. The molecule has 2 N–H and O–H groups in total. The topological polar surface area (TPSA) is 101 Å². The lowest BCUT2D eigenvalue weighted by atomic mass is 9.85. The van der Waals surface area contributed by atoms with Crippen LogP contribution in [0.5, 0.6) is 5.88 Å². The number of fused-ring (bicyclic) bond motifs is 1. The van der Waals surface area contributed by atoms with E-state index in [1.165, 1.54) is 19.3 Å². The van der Waals surface area contributed by atoms with Gasteiger partial charge in [-0.05, 0) is 77.6 Å². The van der Waals surface area contributed by atoms with Crippen molar-refractivity contribution in [3.05, 3.63) is 48.2 Å². The molecule has 0 unspecified atom stereocenters. The zero-order valence-corrected chi connectivity index (χ0v) is 23.1. The van der Waals surface area contributed by atoms with Gasteiger partial charge in [0.25, 0.3) is 5.91 Å². The number of aromatic nitrogens is 3. The average molecular weight is 533 g/mol. The molecule has 39 heavy (non-hydrogen) atoms. The van der Waals surface area contributed by atoms with Gasteiger partial charge in [0.1, 0.15) is 12.1 Å². The third-order valence-corrected chi connectivity index (χ3v) is 7.78. The standard InChI is InChI=1S/C30H40N6O3/c1-21(2)32-28(37)23-11-13-24(14-12-23)36-26-19-27(39-18-17-35-15-7-4-8-16-35)31-20-25(26)33-30(36)34-29(38)22-9-5-3-6-10-22/h3,5-6,9-10,19-21,23-24H,4,7-8,11-18H2,1-2H3,(H,32,37)(H,33,34,38). The van der Waals surface area contributed by atoms with Crippen LogP contribution >= 0.6 is 0 Å². The number of ether oxygens (including phenoxy) is 1. The maximum atomic E-state index is 13.1. The molecule has 1 saturated carbocycles. The highest BCUT2D eigenvalue weighted by atomic mass is 16.5. The van der Waals surface area contributed by atoms with Crippen molar-refractivity contribution in [3.63, 3.8) is 0 Å². The van der Waals surface area contributed by atoms with Crippen LogP contribution in [-0.2, 0) is 4.79 Å². The van der Waals surface area contributed by atoms with E-state index in [1.54, 1.807) is 18.3 Å². The zero-order chi connectivity index (χ0) is 27.2. The van der Waals surface area contributed by atoms with Gasteiger partial charge < -0.3 is 14.6 Å². The SMILES string of the molecule is CC(C)NC(=O)C1CCC(n2c(NC(=O)c3ccccc3)nc3cnc(OCCN4CCCCC4)cc32)CC1. The zero-order valence-electron chi connectivity index (χ0n) is 23.1. The summed E-state index contributed by atoms with van der Waals surface area (Å²) >= 11 is 0. The minimum absolute atomic E-state index is 0.0103. The van der Waals surface area contributed by atoms with Gasteiger partial charge in [0, 0.05) is 36.2 Å². The van der Waals surface area contributed by atoms with E-state index < -0.39 is 0 Å². The van der Waals surface area contributed by atoms with Gasteiger partial charge in [-0.15, -0.1) is 0 Å². The molecule has 5 rings (SSSR count). The molecule has 0 spiro atoms. The number of nitrogens with zero attached hydrogens (tertiary/aromatic N) is 4. The number of hydrogen-bond donors (Lipinski definition) is 2. The smallest absolute Gasteiger partial charge is 0.257 e. The van der Waals surface area contributed by atoms with Crippen LogP contribution in [0.4, 0.5) is 5.95 Å². The molecule has 0 atom stereocenters. The molecular weight excluding hydrogens is 492 g/mol. The Hall–Kier alpha value is -3.46. The fourth-order valence-electron chi connectivity index (χ4n) is 5.74. The van der Waals surface area contributed by atoms with Crippen molar-refractivity contribution >= 4 is 28.8 Å². The Kier molecular flexibility index (Phi) is 8.76. The molecule has 2 aliphatic rings. The first kappa shape index (κ1) is 27.1. The number of likely N-dealkylation sites (tertiary alicyclic amines) is 1. The van der Waals surface area contributed by atoms with E-state index in [0.29, 0.717) is 29.5 Å². The molecule has 208 valence electrons. The third kappa shape index (κ3) is 6.76. The minimum atomic E-state index is -0.205. The Bertz CT molecular complexity index is 1260. The molecule has 3 heterocycles. The number of rotatable bonds is 9. The van der Waals surface area contributed by atoms with Crippen LogP contribution in [-0.4, -0.2) is 63.5 Å². The molecule has 2 amide bonds. The van der Waals surface area contributed by atoms with Gasteiger partial charge >= 0.3 is 0 Å². The van der Waals surface area contributed by atoms with E-state index in [4.69, 9.17) is 9.72 Å². The normalized spacial score (nSPS) is 20.2. The van der Waals surface area contributed by atoms with Crippen molar-refractivity contribution in [1.82, 2.24) is 24.8 Å². The van der Waals surface area contributed by atoms with E-state index in [1.807, 2.05) is 38.1 Å². The molecule has 1 aliphatic heterocycles. The second-order valence-corrected chi connectivity index (χ2v) is 11.1. The van der Waals surface area contributed by atoms with Crippen LogP contribution in [0.1, 0.15) is 75.2 Å². The molecule has 2 aromatic heterocycles.